The number of hydrogen-bond donors (Lipinski definition) is 0. The van der Waals surface area contributed by atoms with Gasteiger partial charge in [0.15, 0.2) is 0 Å². The van der Waals surface area contributed by atoms with Crippen LogP contribution in [0.2, 0.25) is 0 Å². The first kappa shape index (κ1) is 40.3. The summed E-state index contributed by atoms with van der Waals surface area (Å²) in [5.74, 6) is 0. The number of hydrogen-bond acceptors (Lipinski definition) is 4. The fourth-order valence-electron chi connectivity index (χ4n) is 5.97. The Labute approximate surface area is 274 Å². The summed E-state index contributed by atoms with van der Waals surface area (Å²) < 4.78 is 38.3. The maximum absolute atomic E-state index is 12.8. The molecule has 0 fully saturated rings. The van der Waals surface area contributed by atoms with Gasteiger partial charge in [0.2, 0.25) is 0 Å². The normalized spacial score (nSPS) is 11.2. The Hall–Kier alpha value is -0.720. The molecule has 0 bridgehead atoms. The van der Waals surface area contributed by atoms with Crippen LogP contribution in [0, 0.1) is 0 Å². The first-order chi connectivity index (χ1) is 19.5. The van der Waals surface area contributed by atoms with Crippen molar-refractivity contribution in [2.45, 2.75) is 161 Å². The van der Waals surface area contributed by atoms with Crippen LogP contribution in [0.1, 0.15) is 153 Å². The van der Waals surface area contributed by atoms with Crippen LogP contribution in [0.5, 0.6) is 0 Å². The summed E-state index contributed by atoms with van der Waals surface area (Å²) in [4.78, 5) is 8.08. The molecule has 0 aromatic heterocycles. The van der Waals surface area contributed by atoms with Crippen LogP contribution < -0.4 is 29.6 Å². The van der Waals surface area contributed by atoms with Crippen molar-refractivity contribution < 1.29 is 47.3 Å². The van der Waals surface area contributed by atoms with Gasteiger partial charge in [-0.05, 0) is 66.0 Å². The van der Waals surface area contributed by atoms with E-state index < -0.39 is 10.1 Å². The molecule has 0 radical (unpaired) electrons. The van der Waals surface area contributed by atoms with Gasteiger partial charge in [-0.1, -0.05) is 141 Å². The second-order valence-corrected chi connectivity index (χ2v) is 12.6. The first-order valence-electron chi connectivity index (χ1n) is 16.3. The molecule has 0 aliphatic carbocycles. The number of benzene rings is 2. The zero-order valence-corrected chi connectivity index (χ0v) is 29.7. The summed E-state index contributed by atoms with van der Waals surface area (Å²) in [6.07, 6.45) is 24.1. The number of aryl methyl sites for hydroxylation is 1. The summed E-state index contributed by atoms with van der Waals surface area (Å²) in [5, 5.41) is 1.64. The van der Waals surface area contributed by atoms with Gasteiger partial charge in [-0.15, -0.1) is 0 Å². The number of fused-ring (bicyclic) bond motifs is 1. The fraction of sp³-hybridized carbons (Fsp3) is 0.686. The predicted molar refractivity (Wildman–Crippen MR) is 170 cm³/mol. The van der Waals surface area contributed by atoms with Gasteiger partial charge < -0.3 is 9.35 Å². The van der Waals surface area contributed by atoms with E-state index in [1.807, 2.05) is 25.0 Å². The van der Waals surface area contributed by atoms with Crippen molar-refractivity contribution in [3.8, 4) is 0 Å². The molecule has 2 rings (SSSR count). The summed E-state index contributed by atoms with van der Waals surface area (Å²) in [7, 11) is -4.58. The van der Waals surface area contributed by atoms with Crippen molar-refractivity contribution in [3.05, 3.63) is 41.0 Å². The molecule has 2 aromatic carbocycles. The summed E-state index contributed by atoms with van der Waals surface area (Å²) in [5.41, 5.74) is 3.36. The third-order valence-corrected chi connectivity index (χ3v) is 9.06. The maximum Gasteiger partial charge on any atom is 1.00 e. The summed E-state index contributed by atoms with van der Waals surface area (Å²) >= 11 is 0. The molecule has 0 saturated carbocycles. The molecule has 0 unspecified atom stereocenters. The molecule has 0 atom stereocenters. The van der Waals surface area contributed by atoms with Gasteiger partial charge in [0.25, 0.3) is 0 Å². The fourth-order valence-corrected chi connectivity index (χ4v) is 6.95. The zero-order valence-electron chi connectivity index (χ0n) is 26.9. The van der Waals surface area contributed by atoms with E-state index in [1.165, 1.54) is 101 Å². The summed E-state index contributed by atoms with van der Waals surface area (Å²) in [6.45, 7) is 8.71. The minimum Gasteiger partial charge on any atom is -0.744 e. The van der Waals surface area contributed by atoms with Crippen LogP contribution in [0.3, 0.4) is 0 Å². The summed E-state index contributed by atoms with van der Waals surface area (Å²) in [6, 6.07) is 7.80. The van der Waals surface area contributed by atoms with Crippen LogP contribution in [0.25, 0.3) is 10.8 Å². The molecule has 0 N–H and O–H groups in total. The van der Waals surface area contributed by atoms with Crippen molar-refractivity contribution in [1.82, 2.24) is 0 Å². The number of rotatable bonds is 22. The van der Waals surface area contributed by atoms with Crippen molar-refractivity contribution in [1.29, 1.82) is 0 Å². The number of carbonyl (C=O) groups is 1. The maximum atomic E-state index is 12.8. The van der Waals surface area contributed by atoms with E-state index in [2.05, 4.69) is 26.8 Å². The minimum atomic E-state index is -4.58. The minimum absolute atomic E-state index is 0. The Balaban J connectivity index is 0.00000521. The van der Waals surface area contributed by atoms with E-state index >= 15 is 0 Å². The average molecular weight is 597 g/mol. The zero-order chi connectivity index (χ0) is 29.6. The van der Waals surface area contributed by atoms with Gasteiger partial charge in [-0.2, -0.15) is 0 Å². The molecule has 6 heteroatoms. The molecule has 0 amide bonds. The molecule has 41 heavy (non-hydrogen) atoms. The van der Waals surface area contributed by atoms with Crippen molar-refractivity contribution in [2.75, 3.05) is 0 Å². The smallest absolute Gasteiger partial charge is 0.744 e. The molecule has 0 aliphatic rings. The van der Waals surface area contributed by atoms with Crippen LogP contribution in [0.4, 0.5) is 0 Å². The molecule has 0 aliphatic heterocycles. The van der Waals surface area contributed by atoms with E-state index in [9.17, 15) is 13.0 Å². The van der Waals surface area contributed by atoms with E-state index in [0.29, 0.717) is 11.8 Å². The first-order valence-corrected chi connectivity index (χ1v) is 17.7. The van der Waals surface area contributed by atoms with Crippen LogP contribution >= 0.6 is 0 Å². The standard InChI is InChI=1S/C34H56O3S.CH2O.Na/c1-4-7-10-13-16-19-24-29-30(25-20-17-14-11-8-5-2)32(27-21-18-15-12-9-6-3)34(38(35,36)37)33-28-23-22-26-31(29)33;1-2;/h22-23,26,28H,4-21,24-25,27H2,1-3H3,(H,35,36,37);1H2;/q;;+1/p-1. The Morgan fingerprint density at radius 3 is 1.29 bits per heavy atom. The van der Waals surface area contributed by atoms with Crippen molar-refractivity contribution >= 4 is 27.7 Å². The van der Waals surface area contributed by atoms with E-state index in [4.69, 9.17) is 4.79 Å². The molecule has 0 saturated heterocycles. The van der Waals surface area contributed by atoms with E-state index in [1.54, 1.807) is 0 Å². The van der Waals surface area contributed by atoms with Crippen LogP contribution in [-0.2, 0) is 34.2 Å². The Morgan fingerprint density at radius 2 is 0.878 bits per heavy atom. The van der Waals surface area contributed by atoms with E-state index in [0.717, 1.165) is 49.5 Å². The quantitative estimate of drug-likeness (QED) is 0.0814. The van der Waals surface area contributed by atoms with Crippen molar-refractivity contribution in [2.24, 2.45) is 0 Å². The topological polar surface area (TPSA) is 74.3 Å². The Kier molecular flexibility index (Phi) is 24.3. The molecular formula is C35H57NaO4S. The Morgan fingerprint density at radius 1 is 0.537 bits per heavy atom. The largest absolute Gasteiger partial charge is 1.00 e. The molecule has 0 spiro atoms. The molecule has 2 aromatic rings. The van der Waals surface area contributed by atoms with Crippen molar-refractivity contribution in [3.63, 3.8) is 0 Å². The second-order valence-electron chi connectivity index (χ2n) is 11.3. The Bertz CT molecular complexity index is 1050. The molecular weight excluding hydrogens is 539 g/mol. The number of unbranched alkanes of at least 4 members (excludes halogenated alkanes) is 15. The third kappa shape index (κ3) is 15.0. The second kappa shape index (κ2) is 24.7. The van der Waals surface area contributed by atoms with Crippen LogP contribution in [0.15, 0.2) is 29.2 Å². The van der Waals surface area contributed by atoms with Gasteiger partial charge in [-0.25, -0.2) is 8.42 Å². The van der Waals surface area contributed by atoms with Crippen LogP contribution in [-0.4, -0.2) is 19.8 Å². The SMILES string of the molecule is C=O.CCCCCCCCc1c(CCCCCCCC)c(S(=O)(=O)[O-])c2ccccc2c1CCCCCCCC.[Na+]. The average Bonchev–Trinajstić information content (AvgIpc) is 2.95. The molecule has 4 nitrogen and oxygen atoms in total. The van der Waals surface area contributed by atoms with Gasteiger partial charge in [0.05, 0.1) is 4.90 Å². The van der Waals surface area contributed by atoms with Gasteiger partial charge in [0, 0.05) is 0 Å². The van der Waals surface area contributed by atoms with Gasteiger partial charge >= 0.3 is 29.6 Å². The third-order valence-electron chi connectivity index (χ3n) is 8.09. The molecule has 0 heterocycles. The van der Waals surface area contributed by atoms with E-state index in [-0.39, 0.29) is 34.5 Å². The monoisotopic (exact) mass is 596 g/mol. The molecule has 228 valence electrons. The number of carbonyl (C=O) groups excluding carboxylic acids is 1. The predicted octanol–water partition coefficient (Wildman–Crippen LogP) is 7.27. The van der Waals surface area contributed by atoms with Gasteiger partial charge in [0.1, 0.15) is 16.9 Å². The van der Waals surface area contributed by atoms with Gasteiger partial charge in [-0.3, -0.25) is 0 Å².